The highest BCUT2D eigenvalue weighted by atomic mass is 32.2. The molecule has 0 N–H and O–H groups in total. The van der Waals surface area contributed by atoms with Crippen molar-refractivity contribution in [2.75, 3.05) is 32.7 Å². The fourth-order valence-corrected chi connectivity index (χ4v) is 4.06. The molecule has 0 bridgehead atoms. The fraction of sp³-hybridized carbons (Fsp3) is 0.556. The van der Waals surface area contributed by atoms with Gasteiger partial charge in [0.1, 0.15) is 0 Å². The third-order valence-corrected chi connectivity index (χ3v) is 6.19. The average molecular weight is 337 g/mol. The fourth-order valence-electron chi connectivity index (χ4n) is 2.64. The van der Waals surface area contributed by atoms with Crippen LogP contribution in [0.3, 0.4) is 0 Å². The molecule has 23 heavy (non-hydrogen) atoms. The number of benzene rings is 1. The normalized spacial score (nSPS) is 17.4. The number of allylic oxidation sites excluding steroid dienone is 1. The molecule has 0 saturated carbocycles. The highest BCUT2D eigenvalue weighted by Gasteiger charge is 2.28. The molecule has 4 nitrogen and oxygen atoms in total. The predicted molar refractivity (Wildman–Crippen MR) is 95.2 cm³/mol. The first-order valence-electron chi connectivity index (χ1n) is 8.26. The number of hydrogen-bond acceptors (Lipinski definition) is 3. The van der Waals surface area contributed by atoms with Gasteiger partial charge in [0.25, 0.3) is 0 Å². The van der Waals surface area contributed by atoms with Crippen LogP contribution in [0.4, 0.5) is 0 Å². The lowest BCUT2D eigenvalue weighted by molar-refractivity contribution is 0.204. The number of sulfonamides is 1. The lowest BCUT2D eigenvalue weighted by Gasteiger charge is -2.33. The summed E-state index contributed by atoms with van der Waals surface area (Å²) in [5.74, 6) is 0.408. The van der Waals surface area contributed by atoms with Crippen LogP contribution in [0.2, 0.25) is 0 Å². The molecule has 1 aliphatic rings. The van der Waals surface area contributed by atoms with E-state index in [4.69, 9.17) is 0 Å². The second kappa shape index (κ2) is 7.60. The van der Waals surface area contributed by atoms with E-state index < -0.39 is 10.0 Å². The Labute approximate surface area is 140 Å². The first-order valence-corrected chi connectivity index (χ1v) is 9.70. The average Bonchev–Trinajstić information content (AvgIpc) is 2.53. The molecule has 1 saturated heterocycles. The quantitative estimate of drug-likeness (QED) is 0.776. The van der Waals surface area contributed by atoms with Crippen molar-refractivity contribution in [2.45, 2.75) is 38.5 Å². The number of piperazine rings is 1. The summed E-state index contributed by atoms with van der Waals surface area (Å²) in [6.45, 7) is 12.0. The van der Waals surface area contributed by atoms with Gasteiger partial charge in [-0.2, -0.15) is 4.31 Å². The molecule has 0 atom stereocenters. The largest absolute Gasteiger partial charge is 0.297 e. The maximum Gasteiger partial charge on any atom is 0.243 e. The Morgan fingerprint density at radius 1 is 1.09 bits per heavy atom. The first kappa shape index (κ1) is 18.2. The van der Waals surface area contributed by atoms with Crippen LogP contribution in [-0.2, 0) is 10.0 Å². The summed E-state index contributed by atoms with van der Waals surface area (Å²) in [6, 6.07) is 7.31. The lowest BCUT2D eigenvalue weighted by Crippen LogP contribution is -2.48. The van der Waals surface area contributed by atoms with Gasteiger partial charge in [0.2, 0.25) is 10.0 Å². The predicted octanol–water partition coefficient (Wildman–Crippen LogP) is 3.08. The summed E-state index contributed by atoms with van der Waals surface area (Å²) < 4.78 is 27.1. The van der Waals surface area contributed by atoms with Crippen LogP contribution in [-0.4, -0.2) is 50.3 Å². The van der Waals surface area contributed by atoms with Gasteiger partial charge in [-0.25, -0.2) is 8.42 Å². The molecule has 1 aliphatic heterocycles. The highest BCUT2D eigenvalue weighted by Crippen LogP contribution is 2.21. The molecule has 1 fully saturated rings. The van der Waals surface area contributed by atoms with Crippen LogP contribution < -0.4 is 0 Å². The van der Waals surface area contributed by atoms with Gasteiger partial charge in [-0.15, -0.1) is 0 Å². The SMILES string of the molecule is CC(C)=CCN1CCN(S(=O)(=O)c2ccc(C(C)C)cc2)CC1. The summed E-state index contributed by atoms with van der Waals surface area (Å²) in [7, 11) is -3.37. The van der Waals surface area contributed by atoms with E-state index in [0.29, 0.717) is 23.9 Å². The molecule has 5 heteroatoms. The van der Waals surface area contributed by atoms with Crippen LogP contribution >= 0.6 is 0 Å². The smallest absolute Gasteiger partial charge is 0.243 e. The lowest BCUT2D eigenvalue weighted by atomic mass is 10.0. The van der Waals surface area contributed by atoms with Crippen LogP contribution in [0.1, 0.15) is 39.2 Å². The van der Waals surface area contributed by atoms with Gasteiger partial charge in [0.15, 0.2) is 0 Å². The molecular formula is C18H28N2O2S. The van der Waals surface area contributed by atoms with Crippen molar-refractivity contribution < 1.29 is 8.42 Å². The second-order valence-corrected chi connectivity index (χ2v) is 8.65. The van der Waals surface area contributed by atoms with Gasteiger partial charge in [0.05, 0.1) is 4.90 Å². The minimum Gasteiger partial charge on any atom is -0.297 e. The Balaban J connectivity index is 2.02. The molecule has 0 aromatic heterocycles. The molecule has 0 unspecified atom stereocenters. The van der Waals surface area contributed by atoms with E-state index in [2.05, 4.69) is 38.7 Å². The summed E-state index contributed by atoms with van der Waals surface area (Å²) >= 11 is 0. The summed E-state index contributed by atoms with van der Waals surface area (Å²) in [4.78, 5) is 2.69. The van der Waals surface area contributed by atoms with Gasteiger partial charge < -0.3 is 0 Å². The number of nitrogens with zero attached hydrogens (tertiary/aromatic N) is 2. The van der Waals surface area contributed by atoms with Crippen molar-refractivity contribution >= 4 is 10.0 Å². The van der Waals surface area contributed by atoms with Crippen LogP contribution in [0.15, 0.2) is 40.8 Å². The maximum absolute atomic E-state index is 12.7. The zero-order valence-corrected chi connectivity index (χ0v) is 15.4. The zero-order valence-electron chi connectivity index (χ0n) is 14.6. The van der Waals surface area contributed by atoms with E-state index in [1.807, 2.05) is 12.1 Å². The number of hydrogen-bond donors (Lipinski definition) is 0. The van der Waals surface area contributed by atoms with Gasteiger partial charge in [-0.3, -0.25) is 4.90 Å². The zero-order chi connectivity index (χ0) is 17.0. The topological polar surface area (TPSA) is 40.6 Å². The third-order valence-electron chi connectivity index (χ3n) is 4.27. The van der Waals surface area contributed by atoms with Crippen molar-refractivity contribution in [1.82, 2.24) is 9.21 Å². The van der Waals surface area contributed by atoms with Gasteiger partial charge in [-0.05, 0) is 37.5 Å². The van der Waals surface area contributed by atoms with E-state index in [1.54, 1.807) is 16.4 Å². The van der Waals surface area contributed by atoms with Gasteiger partial charge >= 0.3 is 0 Å². The minimum absolute atomic E-state index is 0.402. The maximum atomic E-state index is 12.7. The summed E-state index contributed by atoms with van der Waals surface area (Å²) in [5, 5.41) is 0. The van der Waals surface area contributed by atoms with Crippen molar-refractivity contribution in [2.24, 2.45) is 0 Å². The second-order valence-electron chi connectivity index (χ2n) is 6.71. The molecule has 1 heterocycles. The van der Waals surface area contributed by atoms with E-state index in [9.17, 15) is 8.42 Å². The minimum atomic E-state index is -3.37. The Hall–Kier alpha value is -1.17. The molecule has 1 aromatic carbocycles. The van der Waals surface area contributed by atoms with Crippen molar-refractivity contribution in [3.8, 4) is 0 Å². The Morgan fingerprint density at radius 3 is 2.13 bits per heavy atom. The number of rotatable bonds is 5. The van der Waals surface area contributed by atoms with Crippen LogP contribution in [0.5, 0.6) is 0 Å². The molecule has 0 aliphatic carbocycles. The van der Waals surface area contributed by atoms with Crippen LogP contribution in [0, 0.1) is 0 Å². The Kier molecular flexibility index (Phi) is 6.00. The van der Waals surface area contributed by atoms with Gasteiger partial charge in [-0.1, -0.05) is 37.6 Å². The van der Waals surface area contributed by atoms with Crippen molar-refractivity contribution in [3.63, 3.8) is 0 Å². The summed E-state index contributed by atoms with van der Waals surface area (Å²) in [5.41, 5.74) is 2.46. The molecule has 2 rings (SSSR count). The van der Waals surface area contributed by atoms with Crippen molar-refractivity contribution in [3.05, 3.63) is 41.5 Å². The van der Waals surface area contributed by atoms with E-state index in [-0.39, 0.29) is 0 Å². The Bertz CT molecular complexity index is 636. The third kappa shape index (κ3) is 4.66. The standard InChI is InChI=1S/C18H28N2O2S/c1-15(2)9-10-19-11-13-20(14-12-19)23(21,22)18-7-5-17(6-8-18)16(3)4/h5-9,16H,10-14H2,1-4H3. The monoisotopic (exact) mass is 336 g/mol. The molecule has 0 spiro atoms. The van der Waals surface area contributed by atoms with E-state index >= 15 is 0 Å². The molecular weight excluding hydrogens is 308 g/mol. The molecule has 0 radical (unpaired) electrons. The highest BCUT2D eigenvalue weighted by molar-refractivity contribution is 7.89. The molecule has 128 valence electrons. The molecule has 0 amide bonds. The Morgan fingerprint density at radius 2 is 1.65 bits per heavy atom. The van der Waals surface area contributed by atoms with Crippen LogP contribution in [0.25, 0.3) is 0 Å². The van der Waals surface area contributed by atoms with E-state index in [0.717, 1.165) is 25.2 Å². The van der Waals surface area contributed by atoms with E-state index in [1.165, 1.54) is 5.57 Å². The molecule has 1 aromatic rings. The summed E-state index contributed by atoms with van der Waals surface area (Å²) in [6.07, 6.45) is 2.19. The van der Waals surface area contributed by atoms with Gasteiger partial charge in [0, 0.05) is 32.7 Å². The first-order chi connectivity index (χ1) is 10.8. The van der Waals surface area contributed by atoms with Crippen molar-refractivity contribution in [1.29, 1.82) is 0 Å².